The van der Waals surface area contributed by atoms with Crippen molar-refractivity contribution in [1.82, 2.24) is 5.32 Å². The van der Waals surface area contributed by atoms with E-state index in [9.17, 15) is 9.59 Å². The highest BCUT2D eigenvalue weighted by atomic mass is 16.5. The van der Waals surface area contributed by atoms with Gasteiger partial charge in [0.05, 0.1) is 20.1 Å². The fourth-order valence-corrected chi connectivity index (χ4v) is 2.65. The van der Waals surface area contributed by atoms with E-state index in [1.807, 2.05) is 31.2 Å². The molecule has 1 heterocycles. The molecule has 2 amide bonds. The van der Waals surface area contributed by atoms with Crippen LogP contribution in [-0.2, 0) is 9.59 Å². The first-order valence-electron chi connectivity index (χ1n) is 8.90. The normalized spacial score (nSPS) is 15.4. The molecule has 146 valence electrons. The van der Waals surface area contributed by atoms with Crippen molar-refractivity contribution in [2.24, 2.45) is 4.99 Å². The summed E-state index contributed by atoms with van der Waals surface area (Å²) in [5.74, 6) is 1.16. The molecule has 0 fully saturated rings. The molecule has 0 radical (unpaired) electrons. The van der Waals surface area contributed by atoms with Crippen LogP contribution in [0, 0.1) is 0 Å². The quantitative estimate of drug-likeness (QED) is 0.683. The van der Waals surface area contributed by atoms with E-state index >= 15 is 0 Å². The van der Waals surface area contributed by atoms with Gasteiger partial charge in [-0.05, 0) is 55.5 Å². The Labute approximate surface area is 162 Å². The molecule has 1 aliphatic heterocycles. The fourth-order valence-electron chi connectivity index (χ4n) is 2.65. The number of nitrogens with zero attached hydrogens (tertiary/aromatic N) is 1. The summed E-state index contributed by atoms with van der Waals surface area (Å²) in [6, 6.07) is 13.5. The molecule has 8 heteroatoms. The highest BCUT2D eigenvalue weighted by molar-refractivity contribution is 6.11. The highest BCUT2D eigenvalue weighted by Crippen LogP contribution is 2.18. The summed E-state index contributed by atoms with van der Waals surface area (Å²) in [5, 5.41) is 8.42. The van der Waals surface area contributed by atoms with Crippen LogP contribution in [0.2, 0.25) is 0 Å². The molecule has 8 nitrogen and oxygen atoms in total. The molecule has 3 rings (SSSR count). The molecular weight excluding hydrogens is 360 g/mol. The highest BCUT2D eigenvalue weighted by Gasteiger charge is 2.28. The number of aliphatic imine (C=N–C) groups is 1. The van der Waals surface area contributed by atoms with E-state index in [-0.39, 0.29) is 18.2 Å². The average Bonchev–Trinajstić information content (AvgIpc) is 3.03. The molecular formula is C20H22N4O4. The van der Waals surface area contributed by atoms with Gasteiger partial charge in [0, 0.05) is 11.4 Å². The van der Waals surface area contributed by atoms with Gasteiger partial charge < -0.3 is 20.1 Å². The SMILES string of the molecule is CCOc1ccc(NC2=N[C@@H](CC(=O)Nc3ccc(OC)cc3)C(=O)N2)cc1. The largest absolute Gasteiger partial charge is 0.497 e. The summed E-state index contributed by atoms with van der Waals surface area (Å²) >= 11 is 0. The van der Waals surface area contributed by atoms with Gasteiger partial charge in [0.15, 0.2) is 0 Å². The van der Waals surface area contributed by atoms with Crippen molar-refractivity contribution < 1.29 is 19.1 Å². The Morgan fingerprint density at radius 3 is 2.36 bits per heavy atom. The molecule has 2 aromatic rings. The molecule has 0 bridgehead atoms. The second-order valence-corrected chi connectivity index (χ2v) is 6.05. The summed E-state index contributed by atoms with van der Waals surface area (Å²) in [6.45, 7) is 2.51. The lowest BCUT2D eigenvalue weighted by Gasteiger charge is -2.07. The smallest absolute Gasteiger partial charge is 0.252 e. The first-order valence-corrected chi connectivity index (χ1v) is 8.90. The van der Waals surface area contributed by atoms with E-state index in [0.29, 0.717) is 24.0 Å². The lowest BCUT2D eigenvalue weighted by atomic mass is 10.2. The minimum absolute atomic E-state index is 0.0493. The number of hydrogen-bond acceptors (Lipinski definition) is 6. The summed E-state index contributed by atoms with van der Waals surface area (Å²) in [5.41, 5.74) is 1.38. The van der Waals surface area contributed by atoms with Gasteiger partial charge in [0.1, 0.15) is 17.5 Å². The van der Waals surface area contributed by atoms with Crippen LogP contribution in [-0.4, -0.2) is 37.5 Å². The lowest BCUT2D eigenvalue weighted by Crippen LogP contribution is -2.33. The minimum Gasteiger partial charge on any atom is -0.497 e. The van der Waals surface area contributed by atoms with Crippen molar-refractivity contribution in [2.45, 2.75) is 19.4 Å². The standard InChI is InChI=1S/C20H22N4O4/c1-3-28-16-10-6-14(7-11-16)22-20-23-17(19(26)24-20)12-18(25)21-13-4-8-15(27-2)9-5-13/h4-11,17H,3,12H2,1-2H3,(H,21,25)(H2,22,23,24,26)/t17-/m0/s1. The number of amides is 2. The Hall–Kier alpha value is -3.55. The summed E-state index contributed by atoms with van der Waals surface area (Å²) in [7, 11) is 1.57. The molecule has 0 aromatic heterocycles. The average molecular weight is 382 g/mol. The molecule has 0 saturated heterocycles. The van der Waals surface area contributed by atoms with E-state index < -0.39 is 6.04 Å². The van der Waals surface area contributed by atoms with Gasteiger partial charge in [0.2, 0.25) is 11.9 Å². The van der Waals surface area contributed by atoms with Gasteiger partial charge >= 0.3 is 0 Å². The Kier molecular flexibility index (Phi) is 6.11. The van der Waals surface area contributed by atoms with Crippen LogP contribution in [0.15, 0.2) is 53.5 Å². The number of anilines is 2. The number of guanidine groups is 1. The molecule has 0 saturated carbocycles. The Morgan fingerprint density at radius 1 is 1.07 bits per heavy atom. The number of nitrogens with one attached hydrogen (secondary N) is 3. The van der Waals surface area contributed by atoms with E-state index in [1.165, 1.54) is 0 Å². The predicted octanol–water partition coefficient (Wildman–Crippen LogP) is 2.39. The summed E-state index contributed by atoms with van der Waals surface area (Å²) in [4.78, 5) is 28.6. The third kappa shape index (κ3) is 5.00. The number of rotatable bonds is 7. The Balaban J connectivity index is 1.55. The monoisotopic (exact) mass is 382 g/mol. The van der Waals surface area contributed by atoms with Gasteiger partial charge in [-0.2, -0.15) is 0 Å². The van der Waals surface area contributed by atoms with E-state index in [0.717, 1.165) is 11.4 Å². The fraction of sp³-hybridized carbons (Fsp3) is 0.250. The number of methoxy groups -OCH3 is 1. The Morgan fingerprint density at radius 2 is 1.71 bits per heavy atom. The molecule has 1 atom stereocenters. The van der Waals surface area contributed by atoms with Crippen LogP contribution in [0.4, 0.5) is 11.4 Å². The zero-order chi connectivity index (χ0) is 19.9. The van der Waals surface area contributed by atoms with Gasteiger partial charge in [-0.15, -0.1) is 0 Å². The molecule has 0 aliphatic carbocycles. The zero-order valence-electron chi connectivity index (χ0n) is 15.7. The van der Waals surface area contributed by atoms with Crippen LogP contribution in [0.5, 0.6) is 11.5 Å². The molecule has 2 aromatic carbocycles. The van der Waals surface area contributed by atoms with Crippen molar-refractivity contribution in [3.05, 3.63) is 48.5 Å². The topological polar surface area (TPSA) is 101 Å². The maximum absolute atomic E-state index is 12.2. The van der Waals surface area contributed by atoms with E-state index in [1.54, 1.807) is 31.4 Å². The van der Waals surface area contributed by atoms with E-state index in [4.69, 9.17) is 9.47 Å². The Bertz CT molecular complexity index is 863. The van der Waals surface area contributed by atoms with Crippen LogP contribution >= 0.6 is 0 Å². The summed E-state index contributed by atoms with van der Waals surface area (Å²) < 4.78 is 10.5. The maximum Gasteiger partial charge on any atom is 0.252 e. The molecule has 1 aliphatic rings. The van der Waals surface area contributed by atoms with Crippen LogP contribution in [0.3, 0.4) is 0 Å². The first-order chi connectivity index (χ1) is 13.6. The van der Waals surface area contributed by atoms with E-state index in [2.05, 4.69) is 20.9 Å². The van der Waals surface area contributed by atoms with Crippen LogP contribution < -0.4 is 25.4 Å². The molecule has 3 N–H and O–H groups in total. The number of hydrogen-bond donors (Lipinski definition) is 3. The van der Waals surface area contributed by atoms with Crippen molar-refractivity contribution in [1.29, 1.82) is 0 Å². The number of benzene rings is 2. The second-order valence-electron chi connectivity index (χ2n) is 6.05. The van der Waals surface area contributed by atoms with Crippen LogP contribution in [0.1, 0.15) is 13.3 Å². The number of ether oxygens (including phenoxy) is 2. The van der Waals surface area contributed by atoms with Gasteiger partial charge in [0.25, 0.3) is 5.91 Å². The summed E-state index contributed by atoms with van der Waals surface area (Å²) in [6.07, 6.45) is -0.0493. The van der Waals surface area contributed by atoms with Gasteiger partial charge in [-0.3, -0.25) is 14.9 Å². The van der Waals surface area contributed by atoms with Gasteiger partial charge in [-0.25, -0.2) is 4.99 Å². The third-order valence-electron chi connectivity index (χ3n) is 4.01. The first kappa shape index (κ1) is 19.2. The minimum atomic E-state index is -0.775. The molecule has 0 unspecified atom stereocenters. The van der Waals surface area contributed by atoms with Gasteiger partial charge in [-0.1, -0.05) is 0 Å². The van der Waals surface area contributed by atoms with Crippen molar-refractivity contribution in [3.63, 3.8) is 0 Å². The molecule has 0 spiro atoms. The number of carbonyl (C=O) groups is 2. The second kappa shape index (κ2) is 8.90. The third-order valence-corrected chi connectivity index (χ3v) is 4.01. The number of carbonyl (C=O) groups excluding carboxylic acids is 2. The van der Waals surface area contributed by atoms with Crippen molar-refractivity contribution in [3.8, 4) is 11.5 Å². The lowest BCUT2D eigenvalue weighted by molar-refractivity contribution is -0.123. The molecule has 28 heavy (non-hydrogen) atoms. The maximum atomic E-state index is 12.2. The predicted molar refractivity (Wildman–Crippen MR) is 107 cm³/mol. The zero-order valence-corrected chi connectivity index (χ0v) is 15.7. The van der Waals surface area contributed by atoms with Crippen molar-refractivity contribution >= 4 is 29.1 Å². The van der Waals surface area contributed by atoms with Crippen molar-refractivity contribution in [2.75, 3.05) is 24.4 Å². The van der Waals surface area contributed by atoms with Crippen LogP contribution in [0.25, 0.3) is 0 Å².